The van der Waals surface area contributed by atoms with E-state index in [-0.39, 0.29) is 23.4 Å². The molecule has 2 aliphatic heterocycles. The van der Waals surface area contributed by atoms with Gasteiger partial charge < -0.3 is 9.72 Å². The van der Waals surface area contributed by atoms with Gasteiger partial charge in [0.25, 0.3) is 5.56 Å². The highest BCUT2D eigenvalue weighted by Gasteiger charge is 2.38. The molecule has 1 saturated heterocycles. The summed E-state index contributed by atoms with van der Waals surface area (Å²) in [7, 11) is 0. The number of nitrogens with zero attached hydrogens (tertiary/aromatic N) is 2. The zero-order valence-electron chi connectivity index (χ0n) is 14.8. The number of aryl methyl sites for hydroxylation is 1. The Balaban J connectivity index is 1.52. The van der Waals surface area contributed by atoms with Gasteiger partial charge in [0, 0.05) is 30.6 Å². The lowest BCUT2D eigenvalue weighted by atomic mass is 9.98. The van der Waals surface area contributed by atoms with Crippen molar-refractivity contribution in [3.63, 3.8) is 0 Å². The highest BCUT2D eigenvalue weighted by molar-refractivity contribution is 5.29. The second-order valence-corrected chi connectivity index (χ2v) is 7.23. The minimum absolute atomic E-state index is 0.0568. The van der Waals surface area contributed by atoms with Gasteiger partial charge in [-0.15, -0.1) is 13.2 Å². The van der Waals surface area contributed by atoms with Crippen molar-refractivity contribution < 1.29 is 17.9 Å². The predicted molar refractivity (Wildman–Crippen MR) is 92.5 cm³/mol. The summed E-state index contributed by atoms with van der Waals surface area (Å²) in [6, 6.07) is 6.53. The topological polar surface area (TPSA) is 58.2 Å². The lowest BCUT2D eigenvalue weighted by Crippen LogP contribution is -2.36. The van der Waals surface area contributed by atoms with Crippen molar-refractivity contribution in [3.05, 3.63) is 57.3 Å². The number of ether oxygens (including phenoxy) is 1. The van der Waals surface area contributed by atoms with E-state index in [0.29, 0.717) is 18.8 Å². The molecule has 2 bridgehead atoms. The minimum atomic E-state index is -4.69. The first-order valence-corrected chi connectivity index (χ1v) is 8.97. The first-order valence-electron chi connectivity index (χ1n) is 8.97. The van der Waals surface area contributed by atoms with E-state index in [9.17, 15) is 18.0 Å². The van der Waals surface area contributed by atoms with Crippen molar-refractivity contribution in [3.8, 4) is 5.75 Å². The number of aromatic nitrogens is 2. The first kappa shape index (κ1) is 18.0. The molecule has 4 rings (SSSR count). The average molecular weight is 379 g/mol. The molecule has 0 unspecified atom stereocenters. The molecule has 0 radical (unpaired) electrons. The van der Waals surface area contributed by atoms with Gasteiger partial charge in [-0.2, -0.15) is 0 Å². The van der Waals surface area contributed by atoms with Crippen molar-refractivity contribution in [2.45, 2.75) is 57.6 Å². The molecule has 27 heavy (non-hydrogen) atoms. The normalized spacial score (nSPS) is 22.4. The van der Waals surface area contributed by atoms with Crippen LogP contribution in [-0.2, 0) is 19.4 Å². The standard InChI is InChI=1S/C19H20F3N3O2/c1-11-23-17-9-14-5-4-13(8-16(17)18(26)24-11)25(14)10-12-2-6-15(7-3-12)27-19(20,21)22/h2-3,6-7,13-14H,4-5,8-10H2,1H3,(H,23,24,26)/t13-,14+/m1/s1. The summed E-state index contributed by atoms with van der Waals surface area (Å²) in [5.41, 5.74) is 2.51. The molecule has 0 saturated carbocycles. The van der Waals surface area contributed by atoms with Crippen molar-refractivity contribution in [1.29, 1.82) is 0 Å². The Hall–Kier alpha value is -2.35. The fourth-order valence-corrected chi connectivity index (χ4v) is 4.23. The lowest BCUT2D eigenvalue weighted by molar-refractivity contribution is -0.274. The van der Waals surface area contributed by atoms with Crippen molar-refractivity contribution >= 4 is 0 Å². The monoisotopic (exact) mass is 379 g/mol. The Morgan fingerprint density at radius 1 is 1.19 bits per heavy atom. The largest absolute Gasteiger partial charge is 0.573 e. The zero-order valence-corrected chi connectivity index (χ0v) is 14.8. The number of nitrogens with one attached hydrogen (secondary N) is 1. The van der Waals surface area contributed by atoms with Crippen molar-refractivity contribution in [1.82, 2.24) is 14.9 Å². The van der Waals surface area contributed by atoms with E-state index in [1.807, 2.05) is 0 Å². The smallest absolute Gasteiger partial charge is 0.406 e. The third-order valence-corrected chi connectivity index (χ3v) is 5.38. The van der Waals surface area contributed by atoms with Gasteiger partial charge in [-0.1, -0.05) is 12.1 Å². The summed E-state index contributed by atoms with van der Waals surface area (Å²) < 4.78 is 40.8. The second kappa shape index (κ2) is 6.67. The summed E-state index contributed by atoms with van der Waals surface area (Å²) >= 11 is 0. The molecule has 1 N–H and O–H groups in total. The molecule has 0 spiro atoms. The lowest BCUT2D eigenvalue weighted by Gasteiger charge is -2.28. The van der Waals surface area contributed by atoms with Crippen LogP contribution in [0.4, 0.5) is 13.2 Å². The Bertz CT molecular complexity index is 893. The Morgan fingerprint density at radius 3 is 2.52 bits per heavy atom. The third kappa shape index (κ3) is 3.85. The maximum absolute atomic E-state index is 12.3. The van der Waals surface area contributed by atoms with Crippen LogP contribution in [0.1, 0.15) is 35.5 Å². The fraction of sp³-hybridized carbons (Fsp3) is 0.474. The van der Waals surface area contributed by atoms with Gasteiger partial charge in [0.2, 0.25) is 0 Å². The third-order valence-electron chi connectivity index (χ3n) is 5.38. The number of fused-ring (bicyclic) bond motifs is 3. The maximum atomic E-state index is 12.3. The van der Waals surface area contributed by atoms with E-state index in [4.69, 9.17) is 0 Å². The van der Waals surface area contributed by atoms with Crippen molar-refractivity contribution in [2.24, 2.45) is 0 Å². The van der Waals surface area contributed by atoms with Crippen LogP contribution in [0, 0.1) is 6.92 Å². The number of halogens is 3. The molecule has 1 fully saturated rings. The maximum Gasteiger partial charge on any atom is 0.573 e. The number of H-pyrrole nitrogens is 1. The summed E-state index contributed by atoms with van der Waals surface area (Å²) in [6.45, 7) is 2.42. The zero-order chi connectivity index (χ0) is 19.2. The van der Waals surface area contributed by atoms with E-state index < -0.39 is 6.36 Å². The average Bonchev–Trinajstić information content (AvgIpc) is 2.84. The van der Waals surface area contributed by atoms with E-state index in [0.717, 1.165) is 36.1 Å². The highest BCUT2D eigenvalue weighted by Crippen LogP contribution is 2.34. The van der Waals surface area contributed by atoms with Crippen LogP contribution in [0.25, 0.3) is 0 Å². The molecule has 2 atom stereocenters. The van der Waals surface area contributed by atoms with Crippen LogP contribution in [0.15, 0.2) is 29.1 Å². The van der Waals surface area contributed by atoms with Crippen molar-refractivity contribution in [2.75, 3.05) is 0 Å². The number of benzene rings is 1. The number of alkyl halides is 3. The van der Waals surface area contributed by atoms with Crippen LogP contribution >= 0.6 is 0 Å². The van der Waals surface area contributed by atoms with Gasteiger partial charge in [-0.3, -0.25) is 9.69 Å². The number of hydrogen-bond donors (Lipinski definition) is 1. The molecule has 3 heterocycles. The van der Waals surface area contributed by atoms with Gasteiger partial charge in [-0.25, -0.2) is 4.98 Å². The number of rotatable bonds is 3. The van der Waals surface area contributed by atoms with Gasteiger partial charge in [0.1, 0.15) is 11.6 Å². The molecule has 1 aromatic carbocycles. The minimum Gasteiger partial charge on any atom is -0.406 e. The molecule has 8 heteroatoms. The molecule has 2 aromatic rings. The molecule has 144 valence electrons. The Kier molecular flexibility index (Phi) is 4.46. The summed E-state index contributed by atoms with van der Waals surface area (Å²) in [4.78, 5) is 22.0. The molecule has 0 aliphatic carbocycles. The molecule has 1 aromatic heterocycles. The van der Waals surface area contributed by atoms with E-state index in [1.165, 1.54) is 12.1 Å². The van der Waals surface area contributed by atoms with Crippen LogP contribution in [0.5, 0.6) is 5.75 Å². The van der Waals surface area contributed by atoms with Gasteiger partial charge in [-0.05, 0) is 43.9 Å². The molecular weight excluding hydrogens is 359 g/mol. The highest BCUT2D eigenvalue weighted by atomic mass is 19.4. The number of aromatic amines is 1. The number of hydrogen-bond acceptors (Lipinski definition) is 4. The SMILES string of the molecule is Cc1nc2c(c(=O)[nH]1)C[C@H]1CC[C@@H](C2)N1Cc1ccc(OC(F)(F)F)cc1. The van der Waals surface area contributed by atoms with Gasteiger partial charge >= 0.3 is 6.36 Å². The quantitative estimate of drug-likeness (QED) is 0.890. The summed E-state index contributed by atoms with van der Waals surface area (Å²) in [5.74, 6) is 0.409. The second-order valence-electron chi connectivity index (χ2n) is 7.23. The Labute approximate surface area is 154 Å². The fourth-order valence-electron chi connectivity index (χ4n) is 4.23. The first-order chi connectivity index (χ1) is 12.8. The summed E-state index contributed by atoms with van der Waals surface area (Å²) in [6.07, 6.45) is -1.26. The van der Waals surface area contributed by atoms with E-state index in [2.05, 4.69) is 19.6 Å². The van der Waals surface area contributed by atoms with Crippen LogP contribution < -0.4 is 10.3 Å². The Morgan fingerprint density at radius 2 is 1.85 bits per heavy atom. The van der Waals surface area contributed by atoms with E-state index >= 15 is 0 Å². The van der Waals surface area contributed by atoms with Crippen LogP contribution in [-0.4, -0.2) is 33.3 Å². The predicted octanol–water partition coefficient (Wildman–Crippen LogP) is 3.11. The van der Waals surface area contributed by atoms with Crippen LogP contribution in [0.2, 0.25) is 0 Å². The van der Waals surface area contributed by atoms with Gasteiger partial charge in [0.05, 0.1) is 5.69 Å². The molecule has 5 nitrogen and oxygen atoms in total. The molecular formula is C19H20F3N3O2. The molecule has 2 aliphatic rings. The van der Waals surface area contributed by atoms with Gasteiger partial charge in [0.15, 0.2) is 0 Å². The van der Waals surface area contributed by atoms with E-state index in [1.54, 1.807) is 19.1 Å². The molecule has 0 amide bonds. The summed E-state index contributed by atoms with van der Waals surface area (Å²) in [5, 5.41) is 0. The van der Waals surface area contributed by atoms with Crippen LogP contribution in [0.3, 0.4) is 0 Å².